The van der Waals surface area contributed by atoms with Gasteiger partial charge in [-0.3, -0.25) is 0 Å². The summed E-state index contributed by atoms with van der Waals surface area (Å²) in [5, 5.41) is 3.50. The van der Waals surface area contributed by atoms with Gasteiger partial charge in [-0.15, -0.1) is 0 Å². The molecule has 0 aliphatic heterocycles. The average molecular weight is 339 g/mol. The normalized spacial score (nSPS) is 11.3. The molecule has 0 aliphatic carbocycles. The number of rotatable bonds is 10. The van der Waals surface area contributed by atoms with E-state index in [2.05, 4.69) is 5.32 Å². The van der Waals surface area contributed by atoms with E-state index in [1.807, 2.05) is 0 Å². The second-order valence-corrected chi connectivity index (χ2v) is 7.90. The number of carbonyl (C=O) groups is 2. The molecule has 0 heterocycles. The van der Waals surface area contributed by atoms with Gasteiger partial charge in [0.2, 0.25) is 0 Å². The van der Waals surface area contributed by atoms with Crippen LogP contribution in [0.5, 0.6) is 0 Å². The fourth-order valence-electron chi connectivity index (χ4n) is 1.26. The Morgan fingerprint density at radius 3 is 2.33 bits per heavy atom. The van der Waals surface area contributed by atoms with Crippen LogP contribution in [-0.4, -0.2) is 64.7 Å². The van der Waals surface area contributed by atoms with E-state index >= 15 is 0 Å². The Hall–Kier alpha value is -0.205. The van der Waals surface area contributed by atoms with E-state index in [1.54, 1.807) is 16.9 Å². The van der Waals surface area contributed by atoms with E-state index in [0.717, 1.165) is 11.6 Å². The van der Waals surface area contributed by atoms with Gasteiger partial charge < -0.3 is 0 Å². The van der Waals surface area contributed by atoms with Crippen LogP contribution < -0.4 is 5.32 Å². The zero-order valence-corrected chi connectivity index (χ0v) is 14.6. The Morgan fingerprint density at radius 1 is 1.28 bits per heavy atom. The molecule has 18 heavy (non-hydrogen) atoms. The number of ketones is 1. The van der Waals surface area contributed by atoms with Gasteiger partial charge in [0.25, 0.3) is 0 Å². The summed E-state index contributed by atoms with van der Waals surface area (Å²) in [6.07, 6.45) is 0.952. The summed E-state index contributed by atoms with van der Waals surface area (Å²) in [5.41, 5.74) is 0. The van der Waals surface area contributed by atoms with Crippen molar-refractivity contribution in [2.75, 3.05) is 27.4 Å². The summed E-state index contributed by atoms with van der Waals surface area (Å²) < 4.78 is 16.2. The molecule has 0 saturated heterocycles. The molecule has 0 radical (unpaired) electrons. The van der Waals surface area contributed by atoms with Gasteiger partial charge in [-0.2, -0.15) is 0 Å². The molecular weight excluding hydrogens is 317 g/mol. The monoisotopic (exact) mass is 339 g/mol. The van der Waals surface area contributed by atoms with Crippen LogP contribution in [0, 0.1) is 0 Å². The third kappa shape index (κ3) is 7.28. The standard InChI is InChI=1S/C10H22AsNO5Si/c1-9(13)12-7-10(14)8-17-18(15-2,16-3)6-4-5-11/h4-8,11H2,1-3H3,(H,12,13). The van der Waals surface area contributed by atoms with E-state index in [0.29, 0.717) is 6.04 Å². The van der Waals surface area contributed by atoms with Crippen molar-refractivity contribution in [3.05, 3.63) is 0 Å². The molecule has 0 aliphatic rings. The summed E-state index contributed by atoms with van der Waals surface area (Å²) >= 11 is 1.64. The first-order valence-electron chi connectivity index (χ1n) is 5.70. The van der Waals surface area contributed by atoms with Crippen molar-refractivity contribution in [2.24, 2.45) is 0 Å². The first-order valence-corrected chi connectivity index (χ1v) is 9.34. The summed E-state index contributed by atoms with van der Waals surface area (Å²) in [6, 6.07) is 0.700. The molecule has 0 spiro atoms. The Kier molecular flexibility index (Phi) is 9.58. The molecule has 6 nitrogen and oxygen atoms in total. The average Bonchev–Trinajstić information content (AvgIpc) is 2.37. The molecule has 0 fully saturated rings. The number of hydrogen-bond acceptors (Lipinski definition) is 5. The Labute approximate surface area is 118 Å². The molecule has 0 aromatic rings. The van der Waals surface area contributed by atoms with Crippen molar-refractivity contribution in [3.8, 4) is 0 Å². The van der Waals surface area contributed by atoms with Crippen molar-refractivity contribution in [3.63, 3.8) is 0 Å². The van der Waals surface area contributed by atoms with Crippen LogP contribution in [0.4, 0.5) is 0 Å². The van der Waals surface area contributed by atoms with Gasteiger partial charge in [-0.05, 0) is 0 Å². The van der Waals surface area contributed by atoms with Crippen LogP contribution in [0.25, 0.3) is 0 Å². The first-order chi connectivity index (χ1) is 8.49. The van der Waals surface area contributed by atoms with Gasteiger partial charge in [0.15, 0.2) is 0 Å². The Bertz CT molecular complexity index is 273. The van der Waals surface area contributed by atoms with Gasteiger partial charge in [-0.25, -0.2) is 0 Å². The molecule has 0 aromatic heterocycles. The summed E-state index contributed by atoms with van der Waals surface area (Å²) in [6.45, 7) is 1.24. The Balaban J connectivity index is 4.16. The minimum absolute atomic E-state index is 0.0237. The third-order valence-corrected chi connectivity index (χ3v) is 5.95. The van der Waals surface area contributed by atoms with Crippen LogP contribution in [0.2, 0.25) is 11.3 Å². The van der Waals surface area contributed by atoms with Gasteiger partial charge in [0.1, 0.15) is 0 Å². The number of amides is 1. The molecule has 0 aromatic carbocycles. The number of carbonyl (C=O) groups excluding carboxylic acids is 2. The van der Waals surface area contributed by atoms with E-state index in [9.17, 15) is 9.59 Å². The molecular formula is C10H22AsNO5Si. The molecule has 1 amide bonds. The second kappa shape index (κ2) is 9.69. The maximum absolute atomic E-state index is 11.5. The van der Waals surface area contributed by atoms with Crippen molar-refractivity contribution in [2.45, 2.75) is 24.6 Å². The van der Waals surface area contributed by atoms with Crippen LogP contribution in [0.1, 0.15) is 13.3 Å². The van der Waals surface area contributed by atoms with Gasteiger partial charge in [0.05, 0.1) is 0 Å². The van der Waals surface area contributed by atoms with Crippen LogP contribution >= 0.6 is 0 Å². The molecule has 0 rings (SSSR count). The van der Waals surface area contributed by atoms with Crippen molar-refractivity contribution >= 4 is 37.3 Å². The van der Waals surface area contributed by atoms with Gasteiger partial charge in [-0.1, -0.05) is 0 Å². The number of Topliss-reactive ketones (excluding diaryl/α,β-unsaturated/α-hetero) is 1. The van der Waals surface area contributed by atoms with Crippen LogP contribution in [-0.2, 0) is 22.9 Å². The molecule has 1 N–H and O–H groups in total. The molecule has 1 unspecified atom stereocenters. The second-order valence-electron chi connectivity index (χ2n) is 3.72. The molecule has 0 bridgehead atoms. The van der Waals surface area contributed by atoms with E-state index in [1.165, 1.54) is 21.1 Å². The van der Waals surface area contributed by atoms with Gasteiger partial charge >= 0.3 is 117 Å². The van der Waals surface area contributed by atoms with E-state index in [4.69, 9.17) is 13.3 Å². The number of hydrogen-bond donors (Lipinski definition) is 1. The van der Waals surface area contributed by atoms with Gasteiger partial charge in [0, 0.05) is 0 Å². The predicted molar refractivity (Wildman–Crippen MR) is 72.2 cm³/mol. The van der Waals surface area contributed by atoms with Crippen molar-refractivity contribution in [1.29, 1.82) is 0 Å². The molecule has 8 heteroatoms. The van der Waals surface area contributed by atoms with E-state index in [-0.39, 0.29) is 24.8 Å². The third-order valence-electron chi connectivity index (χ3n) is 2.30. The topological polar surface area (TPSA) is 73.9 Å². The zero-order valence-electron chi connectivity index (χ0n) is 11.2. The zero-order chi connectivity index (χ0) is 14.0. The fourth-order valence-corrected chi connectivity index (χ4v) is 4.52. The summed E-state index contributed by atoms with van der Waals surface area (Å²) in [7, 11) is 0.366. The Morgan fingerprint density at radius 2 is 1.89 bits per heavy atom. The first kappa shape index (κ1) is 17.8. The maximum atomic E-state index is 11.5. The number of nitrogens with one attached hydrogen (secondary N) is 1. The van der Waals surface area contributed by atoms with Crippen LogP contribution in [0.15, 0.2) is 0 Å². The molecule has 106 valence electrons. The summed E-state index contributed by atoms with van der Waals surface area (Å²) in [5.74, 6) is -0.435. The van der Waals surface area contributed by atoms with Crippen LogP contribution in [0.3, 0.4) is 0 Å². The molecule has 1 atom stereocenters. The summed E-state index contributed by atoms with van der Waals surface area (Å²) in [4.78, 5) is 22.1. The van der Waals surface area contributed by atoms with Crippen molar-refractivity contribution in [1.82, 2.24) is 5.32 Å². The quantitative estimate of drug-likeness (QED) is 0.537. The van der Waals surface area contributed by atoms with E-state index < -0.39 is 8.80 Å². The minimum atomic E-state index is -2.71. The SMILES string of the molecule is CO[Si](CCC[AsH2])(OC)OCC(=O)CNC(C)=O. The molecule has 0 saturated carbocycles. The predicted octanol–water partition coefficient (Wildman–Crippen LogP) is -0.619. The fraction of sp³-hybridized carbons (Fsp3) is 0.800. The van der Waals surface area contributed by atoms with Crippen molar-refractivity contribution < 1.29 is 22.9 Å².